The van der Waals surface area contributed by atoms with Crippen LogP contribution in [0.25, 0.3) is 0 Å². The maximum Gasteiger partial charge on any atom is 0.141 e. The van der Waals surface area contributed by atoms with Crippen LogP contribution >= 0.6 is 0 Å². The minimum Gasteiger partial charge on any atom is -0.192 e. The van der Waals surface area contributed by atoms with Crippen LogP contribution in [0.15, 0.2) is 38.7 Å². The molecule has 0 N–H and O–H groups in total. The van der Waals surface area contributed by atoms with Crippen molar-refractivity contribution in [2.75, 3.05) is 7.05 Å². The van der Waals surface area contributed by atoms with Crippen LogP contribution in [-0.4, -0.2) is 7.05 Å². The lowest BCUT2D eigenvalue weighted by Crippen LogP contribution is -1.76. The Labute approximate surface area is 63.7 Å². The smallest absolute Gasteiger partial charge is 0.141 e. The van der Waals surface area contributed by atoms with E-state index in [0.717, 1.165) is 17.1 Å². The van der Waals surface area contributed by atoms with Crippen LogP contribution in [0.5, 0.6) is 0 Å². The summed E-state index contributed by atoms with van der Waals surface area (Å²) in [4.78, 5) is 0. The Morgan fingerprint density at radius 3 is 2.82 bits per heavy atom. The topological polar surface area (TPSA) is 49.4 Å². The van der Waals surface area contributed by atoms with E-state index in [1.165, 1.54) is 0 Å². The quantitative estimate of drug-likeness (QED) is 0.555. The van der Waals surface area contributed by atoms with Crippen molar-refractivity contribution in [2.24, 2.45) is 20.5 Å². The number of azo groups is 2. The van der Waals surface area contributed by atoms with Crippen molar-refractivity contribution in [3.8, 4) is 0 Å². The van der Waals surface area contributed by atoms with Gasteiger partial charge in [0.05, 0.1) is 0 Å². The molecule has 0 aromatic heterocycles. The van der Waals surface area contributed by atoms with Gasteiger partial charge in [0, 0.05) is 7.05 Å². The van der Waals surface area contributed by atoms with Crippen molar-refractivity contribution >= 4 is 17.1 Å². The Bertz CT molecular complexity index is 340. The SMILES string of the molecule is CN=Nc1cccc2c1N=N2. The lowest BCUT2D eigenvalue weighted by molar-refractivity contribution is 1.10. The van der Waals surface area contributed by atoms with Gasteiger partial charge in [-0.05, 0) is 12.1 Å². The number of benzene rings is 1. The normalized spacial score (nSPS) is 13.2. The molecule has 0 unspecified atom stereocenters. The zero-order valence-electron chi connectivity index (χ0n) is 6.02. The maximum atomic E-state index is 3.89. The molecule has 0 fully saturated rings. The second-order valence-corrected chi connectivity index (χ2v) is 2.14. The molecule has 1 aliphatic rings. The van der Waals surface area contributed by atoms with Crippen molar-refractivity contribution in [1.29, 1.82) is 0 Å². The largest absolute Gasteiger partial charge is 0.192 e. The minimum absolute atomic E-state index is 0.792. The van der Waals surface area contributed by atoms with Gasteiger partial charge in [-0.2, -0.15) is 10.2 Å². The van der Waals surface area contributed by atoms with Gasteiger partial charge < -0.3 is 0 Å². The number of hydrogen-bond acceptors (Lipinski definition) is 4. The molecule has 0 aliphatic carbocycles. The lowest BCUT2D eigenvalue weighted by Gasteiger charge is -2.07. The molecule has 0 amide bonds. The number of hydrogen-bond donors (Lipinski definition) is 0. The highest BCUT2D eigenvalue weighted by Gasteiger charge is 2.12. The van der Waals surface area contributed by atoms with Crippen LogP contribution in [-0.2, 0) is 0 Å². The third kappa shape index (κ3) is 0.832. The first-order valence-corrected chi connectivity index (χ1v) is 3.26. The van der Waals surface area contributed by atoms with Gasteiger partial charge in [0.15, 0.2) is 0 Å². The van der Waals surface area contributed by atoms with Gasteiger partial charge in [0.2, 0.25) is 0 Å². The summed E-state index contributed by atoms with van der Waals surface area (Å²) in [5, 5.41) is 15.2. The predicted molar refractivity (Wildman–Crippen MR) is 41.1 cm³/mol. The predicted octanol–water partition coefficient (Wildman–Crippen LogP) is 3.13. The second-order valence-electron chi connectivity index (χ2n) is 2.14. The molecular formula is C7H6N4. The average molecular weight is 146 g/mol. The first-order valence-electron chi connectivity index (χ1n) is 3.26. The van der Waals surface area contributed by atoms with E-state index in [4.69, 9.17) is 0 Å². The summed E-state index contributed by atoms with van der Waals surface area (Å²) in [6.45, 7) is 0. The van der Waals surface area contributed by atoms with E-state index < -0.39 is 0 Å². The fourth-order valence-corrected chi connectivity index (χ4v) is 0.950. The Morgan fingerprint density at radius 1 is 1.27 bits per heavy atom. The molecule has 0 saturated carbocycles. The lowest BCUT2D eigenvalue weighted by atomic mass is 10.2. The fraction of sp³-hybridized carbons (Fsp3) is 0.143. The molecule has 0 atom stereocenters. The highest BCUT2D eigenvalue weighted by molar-refractivity contribution is 5.78. The highest BCUT2D eigenvalue weighted by Crippen LogP contribution is 2.44. The minimum atomic E-state index is 0.792. The van der Waals surface area contributed by atoms with Crippen LogP contribution < -0.4 is 0 Å². The summed E-state index contributed by atoms with van der Waals surface area (Å²) < 4.78 is 0. The summed E-state index contributed by atoms with van der Waals surface area (Å²) in [5.41, 5.74) is 2.54. The van der Waals surface area contributed by atoms with E-state index in [9.17, 15) is 0 Å². The molecule has 1 aromatic rings. The molecule has 0 saturated heterocycles. The van der Waals surface area contributed by atoms with E-state index in [0.29, 0.717) is 0 Å². The summed E-state index contributed by atoms with van der Waals surface area (Å²) >= 11 is 0. The summed E-state index contributed by atoms with van der Waals surface area (Å²) in [5.74, 6) is 0. The van der Waals surface area contributed by atoms with Crippen molar-refractivity contribution in [3.63, 3.8) is 0 Å². The first kappa shape index (κ1) is 6.15. The molecule has 11 heavy (non-hydrogen) atoms. The van der Waals surface area contributed by atoms with E-state index >= 15 is 0 Å². The summed E-state index contributed by atoms with van der Waals surface area (Å²) in [6, 6.07) is 5.65. The Balaban J connectivity index is 2.52. The highest BCUT2D eigenvalue weighted by atomic mass is 15.2. The Morgan fingerprint density at radius 2 is 2.18 bits per heavy atom. The van der Waals surface area contributed by atoms with E-state index in [2.05, 4.69) is 20.5 Å². The number of nitrogens with zero attached hydrogens (tertiary/aromatic N) is 4. The molecular weight excluding hydrogens is 140 g/mol. The standard InChI is InChI=1S/C7H6N4/c1-8-9-5-3-2-4-6-7(5)11-10-6/h2-4H,1H3. The number of fused-ring (bicyclic) bond motifs is 1. The first-order chi connectivity index (χ1) is 5.42. The second kappa shape index (κ2) is 2.23. The number of rotatable bonds is 1. The van der Waals surface area contributed by atoms with Crippen LogP contribution in [0.1, 0.15) is 0 Å². The van der Waals surface area contributed by atoms with Gasteiger partial charge in [-0.15, -0.1) is 10.2 Å². The van der Waals surface area contributed by atoms with Gasteiger partial charge >= 0.3 is 0 Å². The Hall–Kier alpha value is -1.58. The third-order valence-electron chi connectivity index (χ3n) is 1.46. The van der Waals surface area contributed by atoms with E-state index in [1.807, 2.05) is 18.2 Å². The van der Waals surface area contributed by atoms with E-state index in [-0.39, 0.29) is 0 Å². The van der Waals surface area contributed by atoms with Crippen LogP contribution in [0, 0.1) is 0 Å². The molecule has 4 heteroatoms. The third-order valence-corrected chi connectivity index (χ3v) is 1.46. The molecule has 0 radical (unpaired) electrons. The molecule has 1 aromatic carbocycles. The van der Waals surface area contributed by atoms with Crippen molar-refractivity contribution in [1.82, 2.24) is 0 Å². The molecule has 1 aliphatic heterocycles. The molecule has 4 nitrogen and oxygen atoms in total. The molecule has 54 valence electrons. The van der Waals surface area contributed by atoms with Crippen molar-refractivity contribution in [3.05, 3.63) is 18.2 Å². The van der Waals surface area contributed by atoms with Crippen LogP contribution in [0.4, 0.5) is 17.1 Å². The molecule has 0 spiro atoms. The summed E-state index contributed by atoms with van der Waals surface area (Å²) in [7, 11) is 1.63. The van der Waals surface area contributed by atoms with Crippen LogP contribution in [0.2, 0.25) is 0 Å². The molecule has 0 bridgehead atoms. The zero-order valence-corrected chi connectivity index (χ0v) is 6.02. The van der Waals surface area contributed by atoms with Gasteiger partial charge in [-0.1, -0.05) is 6.07 Å². The van der Waals surface area contributed by atoms with Crippen LogP contribution in [0.3, 0.4) is 0 Å². The fourth-order valence-electron chi connectivity index (χ4n) is 0.950. The monoisotopic (exact) mass is 146 g/mol. The molecule has 1 heterocycles. The Kier molecular flexibility index (Phi) is 1.25. The van der Waals surface area contributed by atoms with Gasteiger partial charge in [-0.25, -0.2) is 0 Å². The van der Waals surface area contributed by atoms with E-state index in [1.54, 1.807) is 7.05 Å². The zero-order chi connectivity index (χ0) is 7.68. The van der Waals surface area contributed by atoms with Gasteiger partial charge in [-0.3, -0.25) is 0 Å². The van der Waals surface area contributed by atoms with Crippen molar-refractivity contribution < 1.29 is 0 Å². The maximum absolute atomic E-state index is 3.89. The van der Waals surface area contributed by atoms with Gasteiger partial charge in [0.1, 0.15) is 17.1 Å². The van der Waals surface area contributed by atoms with Crippen molar-refractivity contribution in [2.45, 2.75) is 0 Å². The average Bonchev–Trinajstić information content (AvgIpc) is 1.94. The molecule has 2 rings (SSSR count). The summed E-state index contributed by atoms with van der Waals surface area (Å²) in [6.07, 6.45) is 0. The van der Waals surface area contributed by atoms with Gasteiger partial charge in [0.25, 0.3) is 0 Å².